The van der Waals surface area contributed by atoms with Crippen LogP contribution in [0.25, 0.3) is 0 Å². The first-order valence-electron chi connectivity index (χ1n) is 10.1. The number of likely N-dealkylation sites (tertiary alicyclic amines) is 1. The number of carbonyl (C=O) groups is 1. The zero-order valence-electron chi connectivity index (χ0n) is 15.6. The lowest BCUT2D eigenvalue weighted by atomic mass is 9.75. The van der Waals surface area contributed by atoms with Gasteiger partial charge in [-0.25, -0.2) is 8.42 Å². The summed E-state index contributed by atoms with van der Waals surface area (Å²) in [7, 11) is -3.64. The first-order valence-corrected chi connectivity index (χ1v) is 11.9. The van der Waals surface area contributed by atoms with E-state index in [1.165, 1.54) is 36.1 Å². The SMILES string of the molecule is O=C(c1ccc(Cl)c(S(=O)(=O)N2CCCC2)c1)N1CC[C@@H]2CCCC[C@@H]2C1. The molecule has 5 nitrogen and oxygen atoms in total. The molecule has 1 aromatic carbocycles. The van der Waals surface area contributed by atoms with E-state index >= 15 is 0 Å². The predicted octanol–water partition coefficient (Wildman–Crippen LogP) is 3.78. The van der Waals surface area contributed by atoms with Crippen LogP contribution in [0.15, 0.2) is 23.1 Å². The molecular weight excluding hydrogens is 384 g/mol. The summed E-state index contributed by atoms with van der Waals surface area (Å²) < 4.78 is 27.3. The van der Waals surface area contributed by atoms with Crippen LogP contribution in [0.2, 0.25) is 5.02 Å². The van der Waals surface area contributed by atoms with Crippen molar-refractivity contribution in [3.05, 3.63) is 28.8 Å². The molecule has 0 N–H and O–H groups in total. The summed E-state index contributed by atoms with van der Waals surface area (Å²) in [5.74, 6) is 1.27. The molecule has 1 aliphatic carbocycles. The molecule has 2 atom stereocenters. The number of benzene rings is 1. The van der Waals surface area contributed by atoms with Crippen molar-refractivity contribution in [1.29, 1.82) is 0 Å². The van der Waals surface area contributed by atoms with Crippen LogP contribution in [0.1, 0.15) is 55.3 Å². The maximum absolute atomic E-state index is 13.1. The Morgan fingerprint density at radius 1 is 0.963 bits per heavy atom. The lowest BCUT2D eigenvalue weighted by Gasteiger charge is -2.41. The van der Waals surface area contributed by atoms with Crippen molar-refractivity contribution in [2.45, 2.75) is 49.8 Å². The molecule has 0 bridgehead atoms. The van der Waals surface area contributed by atoms with Gasteiger partial charge in [0.15, 0.2) is 0 Å². The second-order valence-corrected chi connectivity index (χ2v) is 10.4. The molecule has 2 saturated heterocycles. The Hall–Kier alpha value is -1.11. The van der Waals surface area contributed by atoms with Gasteiger partial charge in [0.1, 0.15) is 4.90 Å². The predicted molar refractivity (Wildman–Crippen MR) is 105 cm³/mol. The van der Waals surface area contributed by atoms with Crippen molar-refractivity contribution >= 4 is 27.5 Å². The molecule has 0 radical (unpaired) electrons. The molecule has 2 aliphatic heterocycles. The summed E-state index contributed by atoms with van der Waals surface area (Å²) >= 11 is 6.21. The topological polar surface area (TPSA) is 57.7 Å². The van der Waals surface area contributed by atoms with Crippen molar-refractivity contribution in [1.82, 2.24) is 9.21 Å². The first kappa shape index (κ1) is 19.2. The minimum Gasteiger partial charge on any atom is -0.338 e. The minimum absolute atomic E-state index is 0.0597. The molecule has 1 saturated carbocycles. The lowest BCUT2D eigenvalue weighted by Crippen LogP contribution is -2.44. The third-order valence-corrected chi connectivity index (χ3v) is 8.82. The van der Waals surface area contributed by atoms with Gasteiger partial charge in [-0.15, -0.1) is 0 Å². The normalized spacial score (nSPS) is 26.8. The van der Waals surface area contributed by atoms with Crippen LogP contribution >= 0.6 is 11.6 Å². The molecule has 0 spiro atoms. The Kier molecular flexibility index (Phi) is 5.50. The first-order chi connectivity index (χ1) is 13.0. The minimum atomic E-state index is -3.64. The molecule has 3 fully saturated rings. The summed E-state index contributed by atoms with van der Waals surface area (Å²) in [6, 6.07) is 4.68. The summed E-state index contributed by atoms with van der Waals surface area (Å²) in [6.45, 7) is 2.59. The van der Waals surface area contributed by atoms with E-state index in [1.807, 2.05) is 4.90 Å². The van der Waals surface area contributed by atoms with Gasteiger partial charge in [0.2, 0.25) is 10.0 Å². The molecule has 27 heavy (non-hydrogen) atoms. The highest BCUT2D eigenvalue weighted by Crippen LogP contribution is 2.36. The number of hydrogen-bond acceptors (Lipinski definition) is 3. The van der Waals surface area contributed by atoms with E-state index in [1.54, 1.807) is 12.1 Å². The molecule has 3 aliphatic rings. The molecule has 4 rings (SSSR count). The Morgan fingerprint density at radius 3 is 2.41 bits per heavy atom. The molecule has 148 valence electrons. The van der Waals surface area contributed by atoms with E-state index in [2.05, 4.69) is 0 Å². The molecule has 1 amide bonds. The number of amides is 1. The van der Waals surface area contributed by atoms with Gasteiger partial charge in [-0.1, -0.05) is 30.9 Å². The number of sulfonamides is 1. The molecule has 2 heterocycles. The van der Waals surface area contributed by atoms with E-state index in [9.17, 15) is 13.2 Å². The van der Waals surface area contributed by atoms with Crippen LogP contribution in [0, 0.1) is 11.8 Å². The van der Waals surface area contributed by atoms with Crippen LogP contribution in [-0.4, -0.2) is 49.7 Å². The van der Waals surface area contributed by atoms with Crippen LogP contribution < -0.4 is 0 Å². The van der Waals surface area contributed by atoms with Crippen molar-refractivity contribution in [3.63, 3.8) is 0 Å². The van der Waals surface area contributed by atoms with Gasteiger partial charge in [-0.3, -0.25) is 4.79 Å². The maximum atomic E-state index is 13.1. The van der Waals surface area contributed by atoms with Gasteiger partial charge in [-0.2, -0.15) is 4.31 Å². The van der Waals surface area contributed by atoms with E-state index in [-0.39, 0.29) is 15.8 Å². The molecule has 0 unspecified atom stereocenters. The second-order valence-electron chi connectivity index (χ2n) is 8.10. The van der Waals surface area contributed by atoms with Crippen molar-refractivity contribution in [3.8, 4) is 0 Å². The monoisotopic (exact) mass is 410 g/mol. The van der Waals surface area contributed by atoms with Crippen LogP contribution in [0.4, 0.5) is 0 Å². The largest absolute Gasteiger partial charge is 0.338 e. The Balaban J connectivity index is 1.56. The fourth-order valence-corrected chi connectivity index (χ4v) is 6.89. The number of rotatable bonds is 3. The van der Waals surface area contributed by atoms with E-state index in [0.29, 0.717) is 24.6 Å². The molecule has 7 heteroatoms. The number of fused-ring (bicyclic) bond motifs is 1. The fourth-order valence-electron chi connectivity index (χ4n) is 4.87. The lowest BCUT2D eigenvalue weighted by molar-refractivity contribution is 0.0520. The summed E-state index contributed by atoms with van der Waals surface area (Å²) in [6.07, 6.45) is 7.84. The quantitative estimate of drug-likeness (QED) is 0.761. The van der Waals surface area contributed by atoms with Gasteiger partial charge in [0.25, 0.3) is 5.91 Å². The summed E-state index contributed by atoms with van der Waals surface area (Å²) in [5.41, 5.74) is 0.423. The van der Waals surface area contributed by atoms with Gasteiger partial charge < -0.3 is 4.90 Å². The van der Waals surface area contributed by atoms with Crippen molar-refractivity contribution < 1.29 is 13.2 Å². The van der Waals surface area contributed by atoms with Crippen LogP contribution in [0.5, 0.6) is 0 Å². The van der Waals surface area contributed by atoms with E-state index in [4.69, 9.17) is 11.6 Å². The Labute approximate surface area is 166 Å². The maximum Gasteiger partial charge on any atom is 0.253 e. The molecular formula is C20H27ClN2O3S. The zero-order chi connectivity index (χ0) is 19.0. The number of nitrogens with zero attached hydrogens (tertiary/aromatic N) is 2. The standard InChI is InChI=1S/C20H27ClN2O3S/c21-18-8-7-16(13-19(18)27(25,26)23-10-3-4-11-23)20(24)22-12-9-15-5-1-2-6-17(15)14-22/h7-8,13,15,17H,1-6,9-12,14H2/t15-,17+/m0/s1. The van der Waals surface area contributed by atoms with Crippen molar-refractivity contribution in [2.24, 2.45) is 11.8 Å². The average Bonchev–Trinajstić information content (AvgIpc) is 3.23. The third-order valence-electron chi connectivity index (χ3n) is 6.44. The zero-order valence-corrected chi connectivity index (χ0v) is 17.1. The van der Waals surface area contributed by atoms with Crippen LogP contribution in [0.3, 0.4) is 0 Å². The summed E-state index contributed by atoms with van der Waals surface area (Å²) in [5, 5.41) is 0.185. The number of piperidine rings is 1. The third kappa shape index (κ3) is 3.76. The molecule has 1 aromatic rings. The second kappa shape index (κ2) is 7.72. The van der Waals surface area contributed by atoms with Gasteiger partial charge >= 0.3 is 0 Å². The summed E-state index contributed by atoms with van der Waals surface area (Å²) in [4.78, 5) is 15.0. The Morgan fingerprint density at radius 2 is 1.67 bits per heavy atom. The number of hydrogen-bond donors (Lipinski definition) is 0. The Bertz CT molecular complexity index is 821. The van der Waals surface area contributed by atoms with E-state index < -0.39 is 10.0 Å². The number of halogens is 1. The van der Waals surface area contributed by atoms with Gasteiger partial charge in [-0.05, 0) is 55.7 Å². The van der Waals surface area contributed by atoms with Gasteiger partial charge in [0.05, 0.1) is 5.02 Å². The average molecular weight is 411 g/mol. The van der Waals surface area contributed by atoms with Crippen LogP contribution in [-0.2, 0) is 10.0 Å². The molecule has 0 aromatic heterocycles. The van der Waals surface area contributed by atoms with Gasteiger partial charge in [0, 0.05) is 31.7 Å². The number of carbonyl (C=O) groups excluding carboxylic acids is 1. The van der Waals surface area contributed by atoms with E-state index in [0.717, 1.165) is 38.3 Å². The highest BCUT2D eigenvalue weighted by atomic mass is 35.5. The fraction of sp³-hybridized carbons (Fsp3) is 0.650. The highest BCUT2D eigenvalue weighted by Gasteiger charge is 2.34. The smallest absolute Gasteiger partial charge is 0.253 e. The van der Waals surface area contributed by atoms with Crippen molar-refractivity contribution in [2.75, 3.05) is 26.2 Å². The highest BCUT2D eigenvalue weighted by molar-refractivity contribution is 7.89.